The van der Waals surface area contributed by atoms with Crippen LogP contribution in [0.25, 0.3) is 0 Å². The third-order valence-electron chi connectivity index (χ3n) is 4.03. The standard InChI is InChI=1S/C17H24Cl2N4O/c1-13(22(2)14-3-4-15(18)16(19)12-14)11-17(20)24-10-9-23-7-5-21-6-8-23/h3-4,11-12,20-21H,5-10H2,1-2H3/b13-11-,20-17?. The lowest BCUT2D eigenvalue weighted by molar-refractivity contribution is 0.186. The Morgan fingerprint density at radius 3 is 2.71 bits per heavy atom. The molecule has 1 saturated heterocycles. The summed E-state index contributed by atoms with van der Waals surface area (Å²) < 4.78 is 5.52. The Morgan fingerprint density at radius 1 is 1.33 bits per heavy atom. The minimum Gasteiger partial charge on any atom is -0.477 e. The first-order chi connectivity index (χ1) is 11.5. The van der Waals surface area contributed by atoms with Crippen LogP contribution in [0.1, 0.15) is 6.92 Å². The summed E-state index contributed by atoms with van der Waals surface area (Å²) in [5.74, 6) is 0.162. The van der Waals surface area contributed by atoms with Gasteiger partial charge in [0, 0.05) is 57.2 Å². The van der Waals surface area contributed by atoms with Gasteiger partial charge >= 0.3 is 0 Å². The van der Waals surface area contributed by atoms with E-state index in [1.54, 1.807) is 18.2 Å². The summed E-state index contributed by atoms with van der Waals surface area (Å²) in [6.45, 7) is 7.41. The van der Waals surface area contributed by atoms with Crippen LogP contribution in [0.2, 0.25) is 10.0 Å². The van der Waals surface area contributed by atoms with E-state index in [-0.39, 0.29) is 5.90 Å². The first-order valence-electron chi connectivity index (χ1n) is 7.99. The van der Waals surface area contributed by atoms with Crippen LogP contribution in [-0.4, -0.2) is 57.2 Å². The summed E-state index contributed by atoms with van der Waals surface area (Å²) in [5.41, 5.74) is 1.80. The second-order valence-corrected chi connectivity index (χ2v) is 6.56. The van der Waals surface area contributed by atoms with Crippen LogP contribution in [0, 0.1) is 5.41 Å². The molecule has 1 heterocycles. The fourth-order valence-corrected chi connectivity index (χ4v) is 2.74. The van der Waals surface area contributed by atoms with Crippen LogP contribution < -0.4 is 10.2 Å². The molecule has 0 aliphatic carbocycles. The zero-order valence-electron chi connectivity index (χ0n) is 14.1. The van der Waals surface area contributed by atoms with Gasteiger partial charge in [0.05, 0.1) is 10.0 Å². The van der Waals surface area contributed by atoms with Crippen LogP contribution >= 0.6 is 23.2 Å². The van der Waals surface area contributed by atoms with Gasteiger partial charge in [0.2, 0.25) is 5.90 Å². The van der Waals surface area contributed by atoms with Crippen LogP contribution in [-0.2, 0) is 4.74 Å². The molecule has 2 N–H and O–H groups in total. The quantitative estimate of drug-likeness (QED) is 0.596. The van der Waals surface area contributed by atoms with E-state index < -0.39 is 0 Å². The number of nitrogens with one attached hydrogen (secondary N) is 2. The number of halogens is 2. The number of hydrogen-bond donors (Lipinski definition) is 2. The third kappa shape index (κ3) is 5.67. The summed E-state index contributed by atoms with van der Waals surface area (Å²) in [6, 6.07) is 5.45. The van der Waals surface area contributed by atoms with Gasteiger partial charge in [-0.1, -0.05) is 23.2 Å². The lowest BCUT2D eigenvalue weighted by Crippen LogP contribution is -2.44. The van der Waals surface area contributed by atoms with Crippen molar-refractivity contribution in [2.45, 2.75) is 6.92 Å². The third-order valence-corrected chi connectivity index (χ3v) is 4.77. The van der Waals surface area contributed by atoms with Gasteiger partial charge in [-0.2, -0.15) is 0 Å². The predicted molar refractivity (Wildman–Crippen MR) is 102 cm³/mol. The maximum absolute atomic E-state index is 7.97. The Hall–Kier alpha value is -1.27. The van der Waals surface area contributed by atoms with Crippen molar-refractivity contribution in [3.8, 4) is 0 Å². The van der Waals surface area contributed by atoms with Gasteiger partial charge in [-0.25, -0.2) is 0 Å². The van der Waals surface area contributed by atoms with Crippen LogP contribution in [0.15, 0.2) is 30.0 Å². The number of nitrogens with zero attached hydrogens (tertiary/aromatic N) is 2. The van der Waals surface area contributed by atoms with E-state index >= 15 is 0 Å². The van der Waals surface area contributed by atoms with Crippen molar-refractivity contribution in [3.63, 3.8) is 0 Å². The second-order valence-electron chi connectivity index (χ2n) is 5.75. The Bertz CT molecular complexity index is 600. The normalized spacial score (nSPS) is 16.1. The van der Waals surface area contributed by atoms with E-state index in [4.69, 9.17) is 33.3 Å². The lowest BCUT2D eigenvalue weighted by atomic mass is 10.2. The van der Waals surface area contributed by atoms with E-state index in [1.807, 2.05) is 24.9 Å². The zero-order valence-corrected chi connectivity index (χ0v) is 15.6. The average Bonchev–Trinajstić information content (AvgIpc) is 2.57. The number of rotatable bonds is 6. The van der Waals surface area contributed by atoms with Crippen molar-refractivity contribution in [1.82, 2.24) is 10.2 Å². The molecule has 0 saturated carbocycles. The maximum Gasteiger partial charge on any atom is 0.207 e. The first kappa shape index (κ1) is 19.1. The molecule has 0 radical (unpaired) electrons. The Labute approximate surface area is 153 Å². The number of ether oxygens (including phenoxy) is 1. The molecule has 1 fully saturated rings. The summed E-state index contributed by atoms with van der Waals surface area (Å²) >= 11 is 12.0. The second kappa shape index (κ2) is 9.28. The molecule has 0 amide bonds. The molecule has 2 rings (SSSR count). The molecule has 24 heavy (non-hydrogen) atoms. The van der Waals surface area contributed by atoms with E-state index in [0.29, 0.717) is 16.7 Å². The molecule has 132 valence electrons. The number of benzene rings is 1. The monoisotopic (exact) mass is 370 g/mol. The molecule has 7 heteroatoms. The molecule has 0 spiro atoms. The highest BCUT2D eigenvalue weighted by Gasteiger charge is 2.10. The molecule has 1 aliphatic heterocycles. The topological polar surface area (TPSA) is 51.6 Å². The summed E-state index contributed by atoms with van der Waals surface area (Å²) in [7, 11) is 1.92. The highest BCUT2D eigenvalue weighted by Crippen LogP contribution is 2.28. The van der Waals surface area contributed by atoms with Gasteiger partial charge < -0.3 is 15.0 Å². The molecular weight excluding hydrogens is 347 g/mol. The zero-order chi connectivity index (χ0) is 17.5. The first-order valence-corrected chi connectivity index (χ1v) is 8.74. The number of allylic oxidation sites excluding steroid dienone is 1. The van der Waals surface area contributed by atoms with Gasteiger partial charge in [0.1, 0.15) is 6.61 Å². The maximum atomic E-state index is 7.97. The molecule has 5 nitrogen and oxygen atoms in total. The molecule has 0 aromatic heterocycles. The fourth-order valence-electron chi connectivity index (χ4n) is 2.44. The van der Waals surface area contributed by atoms with Crippen molar-refractivity contribution < 1.29 is 4.74 Å². The highest BCUT2D eigenvalue weighted by molar-refractivity contribution is 6.42. The molecular formula is C17H24Cl2N4O. The largest absolute Gasteiger partial charge is 0.477 e. The molecule has 0 bridgehead atoms. The van der Waals surface area contributed by atoms with Crippen LogP contribution in [0.4, 0.5) is 5.69 Å². The van der Waals surface area contributed by atoms with Crippen molar-refractivity contribution in [2.75, 3.05) is 51.3 Å². The fraction of sp³-hybridized carbons (Fsp3) is 0.471. The van der Waals surface area contributed by atoms with E-state index in [0.717, 1.165) is 44.1 Å². The minimum atomic E-state index is 0.162. The molecule has 1 aliphatic rings. The summed E-state index contributed by atoms with van der Waals surface area (Å²) in [6.07, 6.45) is 1.71. The van der Waals surface area contributed by atoms with Crippen molar-refractivity contribution in [2.24, 2.45) is 0 Å². The smallest absolute Gasteiger partial charge is 0.207 e. The minimum absolute atomic E-state index is 0.162. The summed E-state index contributed by atoms with van der Waals surface area (Å²) in [4.78, 5) is 4.28. The van der Waals surface area contributed by atoms with Gasteiger partial charge in [-0.15, -0.1) is 0 Å². The Balaban J connectivity index is 1.84. The number of piperazine rings is 1. The molecule has 1 aromatic carbocycles. The van der Waals surface area contributed by atoms with E-state index in [1.165, 1.54) is 0 Å². The van der Waals surface area contributed by atoms with E-state index in [9.17, 15) is 0 Å². The Morgan fingerprint density at radius 2 is 2.04 bits per heavy atom. The highest BCUT2D eigenvalue weighted by atomic mass is 35.5. The van der Waals surface area contributed by atoms with Gasteiger partial charge in [-0.3, -0.25) is 10.3 Å². The van der Waals surface area contributed by atoms with Gasteiger partial charge in [0.25, 0.3) is 0 Å². The number of anilines is 1. The SMILES string of the molecule is C/C(=C/C(=N)OCCN1CCNCC1)N(C)c1ccc(Cl)c(Cl)c1. The average molecular weight is 371 g/mol. The van der Waals surface area contributed by atoms with Crippen LogP contribution in [0.3, 0.4) is 0 Å². The van der Waals surface area contributed by atoms with Crippen molar-refractivity contribution in [3.05, 3.63) is 40.0 Å². The van der Waals surface area contributed by atoms with E-state index in [2.05, 4.69) is 10.2 Å². The number of hydrogen-bond acceptors (Lipinski definition) is 5. The van der Waals surface area contributed by atoms with Crippen molar-refractivity contribution >= 4 is 34.8 Å². The van der Waals surface area contributed by atoms with Crippen LogP contribution in [0.5, 0.6) is 0 Å². The van der Waals surface area contributed by atoms with Crippen molar-refractivity contribution in [1.29, 1.82) is 5.41 Å². The Kier molecular flexibility index (Phi) is 7.37. The van der Waals surface area contributed by atoms with Gasteiger partial charge in [-0.05, 0) is 25.1 Å². The predicted octanol–water partition coefficient (Wildman–Crippen LogP) is 3.23. The lowest BCUT2D eigenvalue weighted by Gasteiger charge is -2.26. The molecule has 0 atom stereocenters. The molecule has 0 unspecified atom stereocenters. The van der Waals surface area contributed by atoms with Gasteiger partial charge in [0.15, 0.2) is 0 Å². The summed E-state index contributed by atoms with van der Waals surface area (Å²) in [5, 5.41) is 12.3. The molecule has 1 aromatic rings.